The van der Waals surface area contributed by atoms with E-state index in [1.807, 2.05) is 0 Å². The Labute approximate surface area is 90.2 Å². The van der Waals surface area contributed by atoms with Gasteiger partial charge in [-0.15, -0.1) is 0 Å². The molecule has 82 valence electrons. The van der Waals surface area contributed by atoms with Gasteiger partial charge in [-0.05, 0) is 31.0 Å². The van der Waals surface area contributed by atoms with Crippen molar-refractivity contribution in [1.82, 2.24) is 0 Å². The predicted molar refractivity (Wildman–Crippen MR) is 61.2 cm³/mol. The number of ether oxygens (including phenoxy) is 1. The van der Waals surface area contributed by atoms with Gasteiger partial charge in [0.25, 0.3) is 0 Å². The van der Waals surface area contributed by atoms with Crippen LogP contribution in [0.25, 0.3) is 0 Å². The predicted octanol–water partition coefficient (Wildman–Crippen LogP) is 2.51. The Morgan fingerprint density at radius 2 is 2.13 bits per heavy atom. The second-order valence-corrected chi connectivity index (χ2v) is 4.01. The largest absolute Gasteiger partial charge is 0.491 e. The van der Waals surface area contributed by atoms with Crippen molar-refractivity contribution in [2.45, 2.75) is 20.8 Å². The van der Waals surface area contributed by atoms with Gasteiger partial charge in [0.15, 0.2) is 5.78 Å². The number of hydrogen-bond donors (Lipinski definition) is 1. The van der Waals surface area contributed by atoms with Crippen molar-refractivity contribution in [2.24, 2.45) is 5.92 Å². The Morgan fingerprint density at radius 3 is 2.60 bits per heavy atom. The zero-order chi connectivity index (χ0) is 11.4. The van der Waals surface area contributed by atoms with Crippen LogP contribution in [0.3, 0.4) is 0 Å². The SMILES string of the molecule is CC(=O)c1ccc(OCC(C)C)c(N)c1. The van der Waals surface area contributed by atoms with E-state index in [-0.39, 0.29) is 5.78 Å². The van der Waals surface area contributed by atoms with Crippen molar-refractivity contribution >= 4 is 11.5 Å². The Balaban J connectivity index is 2.79. The van der Waals surface area contributed by atoms with E-state index in [4.69, 9.17) is 10.5 Å². The summed E-state index contributed by atoms with van der Waals surface area (Å²) in [6.45, 7) is 6.29. The van der Waals surface area contributed by atoms with Crippen LogP contribution in [-0.2, 0) is 0 Å². The van der Waals surface area contributed by atoms with Gasteiger partial charge in [0.05, 0.1) is 12.3 Å². The summed E-state index contributed by atoms with van der Waals surface area (Å²) in [6, 6.07) is 5.13. The maximum Gasteiger partial charge on any atom is 0.159 e. The Hall–Kier alpha value is -1.51. The number of carbonyl (C=O) groups excluding carboxylic acids is 1. The summed E-state index contributed by atoms with van der Waals surface area (Å²) < 4.78 is 5.50. The lowest BCUT2D eigenvalue weighted by atomic mass is 10.1. The molecule has 1 rings (SSSR count). The highest BCUT2D eigenvalue weighted by molar-refractivity contribution is 5.95. The minimum Gasteiger partial charge on any atom is -0.491 e. The van der Waals surface area contributed by atoms with Crippen LogP contribution < -0.4 is 10.5 Å². The van der Waals surface area contributed by atoms with Gasteiger partial charge in [0, 0.05) is 5.56 Å². The molecule has 3 heteroatoms. The van der Waals surface area contributed by atoms with Gasteiger partial charge >= 0.3 is 0 Å². The van der Waals surface area contributed by atoms with Crippen LogP contribution in [0, 0.1) is 5.92 Å². The molecule has 0 saturated heterocycles. The van der Waals surface area contributed by atoms with E-state index in [1.54, 1.807) is 18.2 Å². The number of nitrogens with two attached hydrogens (primary N) is 1. The molecule has 1 aromatic carbocycles. The van der Waals surface area contributed by atoms with Gasteiger partial charge in [-0.2, -0.15) is 0 Å². The zero-order valence-electron chi connectivity index (χ0n) is 9.41. The number of anilines is 1. The molecule has 0 spiro atoms. The van der Waals surface area contributed by atoms with Crippen LogP contribution in [0.15, 0.2) is 18.2 Å². The van der Waals surface area contributed by atoms with E-state index < -0.39 is 0 Å². The number of Topliss-reactive ketones (excluding diaryl/α,β-unsaturated/α-hetero) is 1. The van der Waals surface area contributed by atoms with Crippen LogP contribution >= 0.6 is 0 Å². The average molecular weight is 207 g/mol. The standard InChI is InChI=1S/C12H17NO2/c1-8(2)7-15-12-5-4-10(9(3)14)6-11(12)13/h4-6,8H,7,13H2,1-3H3. The maximum atomic E-state index is 11.1. The Morgan fingerprint density at radius 1 is 1.47 bits per heavy atom. The van der Waals surface area contributed by atoms with Gasteiger partial charge in [0.2, 0.25) is 0 Å². The van der Waals surface area contributed by atoms with Gasteiger partial charge in [-0.1, -0.05) is 13.8 Å². The molecule has 0 heterocycles. The van der Waals surface area contributed by atoms with E-state index in [0.717, 1.165) is 0 Å². The number of rotatable bonds is 4. The lowest BCUT2D eigenvalue weighted by Crippen LogP contribution is -2.06. The van der Waals surface area contributed by atoms with Crippen LogP contribution in [0.2, 0.25) is 0 Å². The van der Waals surface area contributed by atoms with Crippen LogP contribution in [0.5, 0.6) is 5.75 Å². The first-order chi connectivity index (χ1) is 7.00. The molecule has 0 aliphatic rings. The van der Waals surface area contributed by atoms with Crippen molar-refractivity contribution < 1.29 is 9.53 Å². The van der Waals surface area contributed by atoms with Gasteiger partial charge in [-0.25, -0.2) is 0 Å². The highest BCUT2D eigenvalue weighted by Gasteiger charge is 2.05. The van der Waals surface area contributed by atoms with E-state index >= 15 is 0 Å². The minimum atomic E-state index is 0.0112. The average Bonchev–Trinajstić information content (AvgIpc) is 2.15. The maximum absolute atomic E-state index is 11.1. The van der Waals surface area contributed by atoms with E-state index in [9.17, 15) is 4.79 Å². The molecular weight excluding hydrogens is 190 g/mol. The highest BCUT2D eigenvalue weighted by Crippen LogP contribution is 2.23. The van der Waals surface area contributed by atoms with E-state index in [1.165, 1.54) is 6.92 Å². The Bertz CT molecular complexity index is 359. The summed E-state index contributed by atoms with van der Waals surface area (Å²) in [5, 5.41) is 0. The van der Waals surface area contributed by atoms with E-state index in [0.29, 0.717) is 29.5 Å². The summed E-state index contributed by atoms with van der Waals surface area (Å²) in [6.07, 6.45) is 0. The molecule has 0 saturated carbocycles. The molecule has 3 nitrogen and oxygen atoms in total. The van der Waals surface area contributed by atoms with Crippen molar-refractivity contribution in [3.05, 3.63) is 23.8 Å². The number of hydrogen-bond acceptors (Lipinski definition) is 3. The molecule has 15 heavy (non-hydrogen) atoms. The molecule has 0 unspecified atom stereocenters. The molecular formula is C12H17NO2. The summed E-state index contributed by atoms with van der Waals surface area (Å²) in [5.74, 6) is 1.11. The summed E-state index contributed by atoms with van der Waals surface area (Å²) in [7, 11) is 0. The number of carbonyl (C=O) groups is 1. The molecule has 0 amide bonds. The fraction of sp³-hybridized carbons (Fsp3) is 0.417. The lowest BCUT2D eigenvalue weighted by Gasteiger charge is -2.11. The van der Waals surface area contributed by atoms with E-state index in [2.05, 4.69) is 13.8 Å². The topological polar surface area (TPSA) is 52.3 Å². The first kappa shape index (κ1) is 11.6. The van der Waals surface area contributed by atoms with Gasteiger partial charge in [0.1, 0.15) is 5.75 Å². The first-order valence-electron chi connectivity index (χ1n) is 5.04. The summed E-state index contributed by atoms with van der Waals surface area (Å²) in [4.78, 5) is 11.1. The zero-order valence-corrected chi connectivity index (χ0v) is 9.41. The molecule has 0 aromatic heterocycles. The molecule has 0 radical (unpaired) electrons. The fourth-order valence-electron chi connectivity index (χ4n) is 1.16. The van der Waals surface area contributed by atoms with Crippen molar-refractivity contribution in [3.8, 4) is 5.75 Å². The summed E-state index contributed by atoms with van der Waals surface area (Å²) in [5.41, 5.74) is 6.90. The van der Waals surface area contributed by atoms with Crippen molar-refractivity contribution in [1.29, 1.82) is 0 Å². The second kappa shape index (κ2) is 4.82. The van der Waals surface area contributed by atoms with Crippen LogP contribution in [0.1, 0.15) is 31.1 Å². The van der Waals surface area contributed by atoms with Crippen LogP contribution in [0.4, 0.5) is 5.69 Å². The fourth-order valence-corrected chi connectivity index (χ4v) is 1.16. The normalized spacial score (nSPS) is 10.4. The monoisotopic (exact) mass is 207 g/mol. The number of ketones is 1. The van der Waals surface area contributed by atoms with Crippen molar-refractivity contribution in [3.63, 3.8) is 0 Å². The van der Waals surface area contributed by atoms with Gasteiger partial charge in [-0.3, -0.25) is 4.79 Å². The summed E-state index contributed by atoms with van der Waals surface area (Å²) >= 11 is 0. The molecule has 0 aliphatic heterocycles. The van der Waals surface area contributed by atoms with Crippen molar-refractivity contribution in [2.75, 3.05) is 12.3 Å². The third-order valence-electron chi connectivity index (χ3n) is 1.99. The highest BCUT2D eigenvalue weighted by atomic mass is 16.5. The molecule has 0 fully saturated rings. The number of benzene rings is 1. The molecule has 2 N–H and O–H groups in total. The lowest BCUT2D eigenvalue weighted by molar-refractivity contribution is 0.101. The third-order valence-corrected chi connectivity index (χ3v) is 1.99. The molecule has 0 aliphatic carbocycles. The molecule has 0 atom stereocenters. The quantitative estimate of drug-likeness (QED) is 0.609. The third kappa shape index (κ3) is 3.27. The molecule has 0 bridgehead atoms. The number of nitrogen functional groups attached to an aromatic ring is 1. The molecule has 1 aromatic rings. The smallest absolute Gasteiger partial charge is 0.159 e. The van der Waals surface area contributed by atoms with Crippen LogP contribution in [-0.4, -0.2) is 12.4 Å². The second-order valence-electron chi connectivity index (χ2n) is 4.01. The minimum absolute atomic E-state index is 0.0112. The Kier molecular flexibility index (Phi) is 3.72. The van der Waals surface area contributed by atoms with Gasteiger partial charge < -0.3 is 10.5 Å². The first-order valence-corrected chi connectivity index (χ1v) is 5.04.